The molecule has 1 fully saturated rings. The molecule has 2 aromatic heterocycles. The normalized spacial score (nSPS) is 18.7. The molecule has 1 unspecified atom stereocenters. The first kappa shape index (κ1) is 15.0. The number of halogens is 1. The molecule has 0 aromatic carbocycles. The van der Waals surface area contributed by atoms with Crippen LogP contribution in [0.4, 0.5) is 0 Å². The first-order valence-corrected chi connectivity index (χ1v) is 8.50. The summed E-state index contributed by atoms with van der Waals surface area (Å²) < 4.78 is 7.73. The van der Waals surface area contributed by atoms with E-state index in [4.69, 9.17) is 16.3 Å². The Bertz CT molecular complexity index is 563. The van der Waals surface area contributed by atoms with Crippen molar-refractivity contribution in [2.75, 3.05) is 13.2 Å². The van der Waals surface area contributed by atoms with Gasteiger partial charge < -0.3 is 9.30 Å². The van der Waals surface area contributed by atoms with Crippen molar-refractivity contribution >= 4 is 22.9 Å². The summed E-state index contributed by atoms with van der Waals surface area (Å²) in [6, 6.07) is 4.28. The molecule has 1 atom stereocenters. The Labute approximate surface area is 134 Å². The summed E-state index contributed by atoms with van der Waals surface area (Å²) in [7, 11) is 1.96. The second-order valence-corrected chi connectivity index (χ2v) is 6.86. The van der Waals surface area contributed by atoms with E-state index < -0.39 is 0 Å². The summed E-state index contributed by atoms with van der Waals surface area (Å²) in [5, 5.41) is 2.80. The molecule has 0 N–H and O–H groups in total. The molecule has 0 saturated carbocycles. The average Bonchev–Trinajstić information content (AvgIpc) is 3.19. The van der Waals surface area contributed by atoms with Gasteiger partial charge in [-0.15, -0.1) is 11.3 Å². The molecule has 1 aliphatic heterocycles. The van der Waals surface area contributed by atoms with Crippen molar-refractivity contribution in [1.29, 1.82) is 0 Å². The van der Waals surface area contributed by atoms with Crippen molar-refractivity contribution in [3.8, 4) is 0 Å². The van der Waals surface area contributed by atoms with Crippen LogP contribution in [0, 0.1) is 0 Å². The molecule has 2 aromatic rings. The van der Waals surface area contributed by atoms with Gasteiger partial charge in [-0.3, -0.25) is 4.90 Å². The van der Waals surface area contributed by atoms with Gasteiger partial charge in [0.05, 0.1) is 18.8 Å². The fourth-order valence-corrected chi connectivity index (χ4v) is 3.55. The van der Waals surface area contributed by atoms with E-state index >= 15 is 0 Å². The Kier molecular flexibility index (Phi) is 4.95. The maximum absolute atomic E-state index is 6.09. The predicted molar refractivity (Wildman–Crippen MR) is 85.6 cm³/mol. The molecule has 6 heteroatoms. The van der Waals surface area contributed by atoms with Crippen LogP contribution in [-0.4, -0.2) is 33.7 Å². The van der Waals surface area contributed by atoms with Gasteiger partial charge in [0.1, 0.15) is 11.0 Å². The molecule has 21 heavy (non-hydrogen) atoms. The fourth-order valence-electron chi connectivity index (χ4n) is 2.66. The summed E-state index contributed by atoms with van der Waals surface area (Å²) in [5.74, 6) is 0.995. The van der Waals surface area contributed by atoms with Crippen LogP contribution in [0.15, 0.2) is 23.7 Å². The summed E-state index contributed by atoms with van der Waals surface area (Å²) in [6.45, 7) is 3.57. The lowest BCUT2D eigenvalue weighted by Gasteiger charge is -2.24. The summed E-state index contributed by atoms with van der Waals surface area (Å²) in [5.41, 5.74) is 0. The van der Waals surface area contributed by atoms with Gasteiger partial charge in [-0.2, -0.15) is 0 Å². The second kappa shape index (κ2) is 6.92. The molecule has 1 aliphatic rings. The fraction of sp³-hybridized carbons (Fsp3) is 0.533. The van der Waals surface area contributed by atoms with E-state index in [1.165, 1.54) is 11.3 Å². The maximum atomic E-state index is 6.09. The lowest BCUT2D eigenvalue weighted by Crippen LogP contribution is -2.32. The highest BCUT2D eigenvalue weighted by molar-refractivity contribution is 7.09. The predicted octanol–water partition coefficient (Wildman–Crippen LogP) is 3.32. The Morgan fingerprint density at radius 3 is 3.05 bits per heavy atom. The highest BCUT2D eigenvalue weighted by Crippen LogP contribution is 2.19. The number of hydrogen-bond donors (Lipinski definition) is 0. The quantitative estimate of drug-likeness (QED) is 0.816. The van der Waals surface area contributed by atoms with E-state index in [2.05, 4.69) is 27.4 Å². The number of ether oxygens (including phenoxy) is 1. The van der Waals surface area contributed by atoms with Crippen LogP contribution >= 0.6 is 22.9 Å². The second-order valence-electron chi connectivity index (χ2n) is 5.44. The molecule has 1 saturated heterocycles. The number of thiophene rings is 1. The minimum absolute atomic E-state index is 0.348. The van der Waals surface area contributed by atoms with E-state index in [1.807, 2.05) is 11.6 Å². The highest BCUT2D eigenvalue weighted by atomic mass is 35.5. The summed E-state index contributed by atoms with van der Waals surface area (Å²) >= 11 is 7.88. The van der Waals surface area contributed by atoms with Crippen LogP contribution in [0.3, 0.4) is 0 Å². The monoisotopic (exact) mass is 325 g/mol. The lowest BCUT2D eigenvalue weighted by molar-refractivity contribution is 0.0670. The molecule has 0 aliphatic carbocycles. The van der Waals surface area contributed by atoms with Gasteiger partial charge in [0, 0.05) is 31.6 Å². The average molecular weight is 326 g/mol. The molecular weight excluding hydrogens is 306 g/mol. The van der Waals surface area contributed by atoms with Crippen LogP contribution in [0.2, 0.25) is 5.15 Å². The van der Waals surface area contributed by atoms with E-state index in [1.54, 1.807) is 17.5 Å². The number of hydrogen-bond acceptors (Lipinski definition) is 4. The smallest absolute Gasteiger partial charge is 0.128 e. The van der Waals surface area contributed by atoms with Crippen LogP contribution in [-0.2, 0) is 24.9 Å². The minimum atomic E-state index is 0.348. The molecule has 4 nitrogen and oxygen atoms in total. The maximum Gasteiger partial charge on any atom is 0.128 e. The van der Waals surface area contributed by atoms with Crippen LogP contribution in [0.25, 0.3) is 0 Å². The van der Waals surface area contributed by atoms with Gasteiger partial charge in [0.15, 0.2) is 0 Å². The topological polar surface area (TPSA) is 30.3 Å². The molecule has 0 amide bonds. The Morgan fingerprint density at radius 2 is 2.43 bits per heavy atom. The minimum Gasteiger partial charge on any atom is -0.377 e. The zero-order chi connectivity index (χ0) is 14.7. The van der Waals surface area contributed by atoms with Crippen molar-refractivity contribution < 1.29 is 4.74 Å². The largest absolute Gasteiger partial charge is 0.377 e. The van der Waals surface area contributed by atoms with Crippen LogP contribution in [0.1, 0.15) is 23.5 Å². The molecule has 0 radical (unpaired) electrons. The van der Waals surface area contributed by atoms with Gasteiger partial charge in [-0.05, 0) is 24.3 Å². The molecule has 3 rings (SSSR count). The Hall–Kier alpha value is -0.880. The van der Waals surface area contributed by atoms with Crippen LogP contribution in [0.5, 0.6) is 0 Å². The van der Waals surface area contributed by atoms with Gasteiger partial charge in [0.25, 0.3) is 0 Å². The molecule has 0 bridgehead atoms. The zero-order valence-electron chi connectivity index (χ0n) is 12.2. The van der Waals surface area contributed by atoms with Crippen molar-refractivity contribution in [2.45, 2.75) is 32.0 Å². The van der Waals surface area contributed by atoms with E-state index in [9.17, 15) is 0 Å². The number of imidazole rings is 1. The molecule has 114 valence electrons. The third-order valence-corrected chi connectivity index (χ3v) is 5.05. The Balaban J connectivity index is 1.69. The molecular formula is C15H20ClN3OS. The van der Waals surface area contributed by atoms with Crippen molar-refractivity contribution in [3.05, 3.63) is 39.6 Å². The zero-order valence-corrected chi connectivity index (χ0v) is 13.7. The van der Waals surface area contributed by atoms with Gasteiger partial charge >= 0.3 is 0 Å². The summed E-state index contributed by atoms with van der Waals surface area (Å²) in [6.07, 6.45) is 4.39. The number of rotatable bonds is 6. The van der Waals surface area contributed by atoms with E-state index in [0.29, 0.717) is 11.3 Å². The number of aromatic nitrogens is 2. The summed E-state index contributed by atoms with van der Waals surface area (Å²) in [4.78, 5) is 8.18. The van der Waals surface area contributed by atoms with Crippen LogP contribution < -0.4 is 0 Å². The van der Waals surface area contributed by atoms with Crippen molar-refractivity contribution in [2.24, 2.45) is 7.05 Å². The number of nitrogens with zero attached hydrogens (tertiary/aromatic N) is 3. The SMILES string of the molecule is Cn1c(Cl)cnc1CN(Cc1cccs1)CC1CCCO1. The lowest BCUT2D eigenvalue weighted by atomic mass is 10.2. The first-order chi connectivity index (χ1) is 10.2. The standard InChI is InChI=1S/C15H20ClN3OS/c1-18-14(16)8-17-15(18)11-19(9-12-4-2-6-20-12)10-13-5-3-7-21-13/h3,5,7-8,12H,2,4,6,9-11H2,1H3. The van der Waals surface area contributed by atoms with Crippen molar-refractivity contribution in [1.82, 2.24) is 14.5 Å². The van der Waals surface area contributed by atoms with E-state index in [0.717, 1.165) is 38.5 Å². The van der Waals surface area contributed by atoms with Crippen molar-refractivity contribution in [3.63, 3.8) is 0 Å². The molecule has 3 heterocycles. The van der Waals surface area contributed by atoms with Gasteiger partial charge in [-0.1, -0.05) is 17.7 Å². The van der Waals surface area contributed by atoms with Gasteiger partial charge in [-0.25, -0.2) is 4.98 Å². The third-order valence-electron chi connectivity index (χ3n) is 3.84. The van der Waals surface area contributed by atoms with E-state index in [-0.39, 0.29) is 0 Å². The van der Waals surface area contributed by atoms with Gasteiger partial charge in [0.2, 0.25) is 0 Å². The first-order valence-electron chi connectivity index (χ1n) is 7.25. The highest BCUT2D eigenvalue weighted by Gasteiger charge is 2.21. The Morgan fingerprint density at radius 1 is 1.52 bits per heavy atom. The molecule has 0 spiro atoms. The third kappa shape index (κ3) is 3.86.